The molecule has 22 heavy (non-hydrogen) atoms. The number of hydrogen-bond donors (Lipinski definition) is 2. The first-order chi connectivity index (χ1) is 10.6. The summed E-state index contributed by atoms with van der Waals surface area (Å²) >= 11 is 12.2. The molecule has 0 saturated carbocycles. The molecule has 1 amide bonds. The predicted molar refractivity (Wildman–Crippen MR) is 90.0 cm³/mol. The summed E-state index contributed by atoms with van der Waals surface area (Å²) in [5.74, 6) is -0.0289. The van der Waals surface area contributed by atoms with E-state index in [4.69, 9.17) is 23.2 Å². The maximum atomic E-state index is 11.9. The van der Waals surface area contributed by atoms with Gasteiger partial charge in [-0.3, -0.25) is 4.79 Å². The van der Waals surface area contributed by atoms with E-state index in [1.54, 1.807) is 0 Å². The van der Waals surface area contributed by atoms with Gasteiger partial charge in [0, 0.05) is 22.2 Å². The molecule has 0 unspecified atom stereocenters. The fourth-order valence-corrected chi connectivity index (χ4v) is 2.67. The molecule has 0 radical (unpaired) electrons. The standard InChI is InChI=1S/C17H18Cl2N2O/c1-12(14-7-3-5-9-16(14)19)20-11-17(22)21-10-13-6-2-4-8-15(13)18/h2-9,12,20H,10-11H2,1H3,(H,21,22)/p+1/t12-/m1/s1. The molecular weight excluding hydrogens is 319 g/mol. The smallest absolute Gasteiger partial charge is 0.275 e. The minimum atomic E-state index is -0.0289. The molecule has 0 spiro atoms. The molecule has 116 valence electrons. The van der Waals surface area contributed by atoms with Crippen molar-refractivity contribution in [2.45, 2.75) is 19.5 Å². The molecule has 2 aromatic carbocycles. The minimum Gasteiger partial charge on any atom is -0.347 e. The number of rotatable bonds is 6. The average Bonchev–Trinajstić information content (AvgIpc) is 2.52. The Morgan fingerprint density at radius 3 is 2.41 bits per heavy atom. The van der Waals surface area contributed by atoms with Crippen LogP contribution in [0.5, 0.6) is 0 Å². The number of hydrogen-bond acceptors (Lipinski definition) is 1. The van der Waals surface area contributed by atoms with Crippen LogP contribution in [0.3, 0.4) is 0 Å². The van der Waals surface area contributed by atoms with Gasteiger partial charge in [0.05, 0.1) is 0 Å². The van der Waals surface area contributed by atoms with E-state index in [1.807, 2.05) is 60.8 Å². The number of nitrogens with two attached hydrogens (primary N) is 1. The second kappa shape index (κ2) is 8.18. The van der Waals surface area contributed by atoms with Crippen LogP contribution in [-0.2, 0) is 11.3 Å². The van der Waals surface area contributed by atoms with Gasteiger partial charge in [0.25, 0.3) is 5.91 Å². The molecule has 3 nitrogen and oxygen atoms in total. The monoisotopic (exact) mass is 337 g/mol. The molecule has 2 aromatic rings. The molecule has 0 aliphatic heterocycles. The Morgan fingerprint density at radius 2 is 1.73 bits per heavy atom. The molecule has 0 heterocycles. The van der Waals surface area contributed by atoms with E-state index in [0.29, 0.717) is 18.1 Å². The fraction of sp³-hybridized carbons (Fsp3) is 0.235. The Morgan fingerprint density at radius 1 is 1.09 bits per heavy atom. The van der Waals surface area contributed by atoms with Crippen molar-refractivity contribution >= 4 is 29.1 Å². The van der Waals surface area contributed by atoms with Gasteiger partial charge in [-0.15, -0.1) is 0 Å². The average molecular weight is 338 g/mol. The number of nitrogens with one attached hydrogen (secondary N) is 1. The highest BCUT2D eigenvalue weighted by molar-refractivity contribution is 6.31. The zero-order valence-electron chi connectivity index (χ0n) is 12.4. The second-order valence-corrected chi connectivity index (χ2v) is 5.93. The van der Waals surface area contributed by atoms with E-state index in [9.17, 15) is 4.79 Å². The van der Waals surface area contributed by atoms with Crippen molar-refractivity contribution in [1.82, 2.24) is 5.32 Å². The Hall–Kier alpha value is -1.55. The summed E-state index contributed by atoms with van der Waals surface area (Å²) < 4.78 is 0. The number of carbonyl (C=O) groups excluding carboxylic acids is 1. The first-order valence-electron chi connectivity index (χ1n) is 7.16. The van der Waals surface area contributed by atoms with E-state index in [2.05, 4.69) is 5.32 Å². The third kappa shape index (κ3) is 4.73. The summed E-state index contributed by atoms with van der Waals surface area (Å²) in [6, 6.07) is 15.3. The molecule has 3 N–H and O–H groups in total. The van der Waals surface area contributed by atoms with Crippen LogP contribution in [0.15, 0.2) is 48.5 Å². The van der Waals surface area contributed by atoms with E-state index in [1.165, 1.54) is 0 Å². The third-order valence-corrected chi connectivity index (χ3v) is 4.20. The van der Waals surface area contributed by atoms with E-state index >= 15 is 0 Å². The van der Waals surface area contributed by atoms with E-state index in [-0.39, 0.29) is 11.9 Å². The molecule has 0 fully saturated rings. The van der Waals surface area contributed by atoms with Gasteiger partial charge in [-0.05, 0) is 24.6 Å². The van der Waals surface area contributed by atoms with Crippen molar-refractivity contribution in [2.75, 3.05) is 6.54 Å². The van der Waals surface area contributed by atoms with E-state index < -0.39 is 0 Å². The summed E-state index contributed by atoms with van der Waals surface area (Å²) in [6.45, 7) is 2.81. The zero-order chi connectivity index (χ0) is 15.9. The number of halogens is 2. The first-order valence-corrected chi connectivity index (χ1v) is 7.91. The van der Waals surface area contributed by atoms with Gasteiger partial charge in [-0.1, -0.05) is 59.6 Å². The van der Waals surface area contributed by atoms with Gasteiger partial charge in [0.15, 0.2) is 6.54 Å². The van der Waals surface area contributed by atoms with Crippen molar-refractivity contribution in [2.24, 2.45) is 0 Å². The molecule has 5 heteroatoms. The van der Waals surface area contributed by atoms with Gasteiger partial charge in [0.1, 0.15) is 6.04 Å². The highest BCUT2D eigenvalue weighted by atomic mass is 35.5. The third-order valence-electron chi connectivity index (χ3n) is 3.49. The number of quaternary nitrogens is 1. The minimum absolute atomic E-state index is 0.0289. The lowest BCUT2D eigenvalue weighted by atomic mass is 10.1. The van der Waals surface area contributed by atoms with Crippen LogP contribution in [0.4, 0.5) is 0 Å². The summed E-state index contributed by atoms with van der Waals surface area (Å²) in [4.78, 5) is 11.9. The van der Waals surface area contributed by atoms with Crippen molar-refractivity contribution in [3.8, 4) is 0 Å². The fourth-order valence-electron chi connectivity index (χ4n) is 2.16. The van der Waals surface area contributed by atoms with Crippen LogP contribution in [0.1, 0.15) is 24.1 Å². The Bertz CT molecular complexity index is 646. The molecule has 0 bridgehead atoms. The van der Waals surface area contributed by atoms with Gasteiger partial charge in [0.2, 0.25) is 0 Å². The number of benzene rings is 2. The Kier molecular flexibility index (Phi) is 6.25. The first kappa shape index (κ1) is 16.8. The largest absolute Gasteiger partial charge is 0.347 e. The summed E-state index contributed by atoms with van der Waals surface area (Å²) in [5.41, 5.74) is 1.94. The molecule has 2 rings (SSSR count). The van der Waals surface area contributed by atoms with Crippen molar-refractivity contribution in [3.05, 3.63) is 69.7 Å². The van der Waals surface area contributed by atoms with Gasteiger partial charge in [-0.25, -0.2) is 0 Å². The SMILES string of the molecule is C[C@@H]([NH2+]CC(=O)NCc1ccccc1Cl)c1ccccc1Cl. The number of carbonyl (C=O) groups is 1. The topological polar surface area (TPSA) is 45.7 Å². The molecule has 0 aromatic heterocycles. The van der Waals surface area contributed by atoms with Gasteiger partial charge >= 0.3 is 0 Å². The van der Waals surface area contributed by atoms with Crippen LogP contribution in [0, 0.1) is 0 Å². The van der Waals surface area contributed by atoms with Crippen LogP contribution in [0.2, 0.25) is 10.0 Å². The van der Waals surface area contributed by atoms with E-state index in [0.717, 1.165) is 16.1 Å². The Labute approximate surface area is 140 Å². The lowest BCUT2D eigenvalue weighted by Crippen LogP contribution is -2.87. The van der Waals surface area contributed by atoms with Crippen LogP contribution in [-0.4, -0.2) is 12.5 Å². The Balaban J connectivity index is 1.81. The number of amides is 1. The van der Waals surface area contributed by atoms with Crippen LogP contribution in [0.25, 0.3) is 0 Å². The maximum Gasteiger partial charge on any atom is 0.275 e. The summed E-state index contributed by atoms with van der Waals surface area (Å²) in [7, 11) is 0. The van der Waals surface area contributed by atoms with Gasteiger partial charge < -0.3 is 10.6 Å². The molecule has 0 saturated heterocycles. The quantitative estimate of drug-likeness (QED) is 0.836. The highest BCUT2D eigenvalue weighted by Crippen LogP contribution is 2.19. The second-order valence-electron chi connectivity index (χ2n) is 5.12. The maximum absolute atomic E-state index is 11.9. The lowest BCUT2D eigenvalue weighted by Gasteiger charge is -2.12. The zero-order valence-corrected chi connectivity index (χ0v) is 13.9. The summed E-state index contributed by atoms with van der Waals surface area (Å²) in [5, 5.41) is 6.22. The van der Waals surface area contributed by atoms with Crippen LogP contribution >= 0.6 is 23.2 Å². The van der Waals surface area contributed by atoms with Gasteiger partial charge in [-0.2, -0.15) is 0 Å². The molecular formula is C17H19Cl2N2O+. The van der Waals surface area contributed by atoms with Crippen molar-refractivity contribution in [1.29, 1.82) is 0 Å². The highest BCUT2D eigenvalue weighted by Gasteiger charge is 2.14. The summed E-state index contributed by atoms with van der Waals surface area (Å²) in [6.07, 6.45) is 0. The molecule has 1 atom stereocenters. The molecule has 0 aliphatic rings. The molecule has 0 aliphatic carbocycles. The normalized spacial score (nSPS) is 12.0. The van der Waals surface area contributed by atoms with Crippen molar-refractivity contribution < 1.29 is 10.1 Å². The van der Waals surface area contributed by atoms with Crippen molar-refractivity contribution in [3.63, 3.8) is 0 Å². The predicted octanol–water partition coefficient (Wildman–Crippen LogP) is 2.93. The lowest BCUT2D eigenvalue weighted by molar-refractivity contribution is -0.682. The van der Waals surface area contributed by atoms with Crippen LogP contribution < -0.4 is 10.6 Å².